The van der Waals surface area contributed by atoms with Crippen LogP contribution in [0, 0.1) is 5.92 Å². The van der Waals surface area contributed by atoms with Crippen LogP contribution in [0.3, 0.4) is 0 Å². The standard InChI is InChI=1S/C18H25NO3/c1-4-22-17(20)13-10-15-8-9-18(12-13,19(15)2)14-6-5-7-16(11-14)21-3/h5-7,11,13,15H,4,8-10,12H2,1-3H3. The molecule has 0 spiro atoms. The van der Waals surface area contributed by atoms with Gasteiger partial charge in [-0.1, -0.05) is 12.1 Å². The second-order valence-electron chi connectivity index (χ2n) is 6.46. The van der Waals surface area contributed by atoms with E-state index in [4.69, 9.17) is 9.47 Å². The van der Waals surface area contributed by atoms with Gasteiger partial charge in [-0.15, -0.1) is 0 Å². The molecule has 3 atom stereocenters. The summed E-state index contributed by atoms with van der Waals surface area (Å²) in [5, 5.41) is 0. The molecule has 0 saturated carbocycles. The van der Waals surface area contributed by atoms with Gasteiger partial charge in [0.2, 0.25) is 0 Å². The minimum absolute atomic E-state index is 0.00912. The van der Waals surface area contributed by atoms with Crippen molar-refractivity contribution in [2.45, 2.75) is 44.2 Å². The van der Waals surface area contributed by atoms with Gasteiger partial charge in [-0.05, 0) is 57.4 Å². The zero-order valence-electron chi connectivity index (χ0n) is 13.7. The lowest BCUT2D eigenvalue weighted by Crippen LogP contribution is -2.50. The molecule has 22 heavy (non-hydrogen) atoms. The number of carbonyl (C=O) groups excluding carboxylic acids is 1. The van der Waals surface area contributed by atoms with Crippen LogP contribution in [0.15, 0.2) is 24.3 Å². The Bertz CT molecular complexity index is 559. The summed E-state index contributed by atoms with van der Waals surface area (Å²) in [6.07, 6.45) is 3.99. The first-order valence-corrected chi connectivity index (χ1v) is 8.15. The molecule has 3 rings (SSSR count). The fourth-order valence-corrected chi connectivity index (χ4v) is 4.28. The van der Waals surface area contributed by atoms with Crippen molar-refractivity contribution in [2.24, 2.45) is 5.92 Å². The summed E-state index contributed by atoms with van der Waals surface area (Å²) >= 11 is 0. The summed E-state index contributed by atoms with van der Waals surface area (Å²) in [5.74, 6) is 0.853. The molecule has 4 nitrogen and oxygen atoms in total. The molecule has 120 valence electrons. The average Bonchev–Trinajstić information content (AvgIpc) is 2.74. The largest absolute Gasteiger partial charge is 0.497 e. The Morgan fingerprint density at radius 3 is 3.00 bits per heavy atom. The molecule has 0 amide bonds. The summed E-state index contributed by atoms with van der Waals surface area (Å²) in [6.45, 7) is 2.33. The monoisotopic (exact) mass is 303 g/mol. The number of ether oxygens (including phenoxy) is 2. The predicted octanol–water partition coefficient (Wildman–Crippen LogP) is 2.96. The third-order valence-corrected chi connectivity index (χ3v) is 5.48. The van der Waals surface area contributed by atoms with E-state index in [1.165, 1.54) is 5.56 Å². The van der Waals surface area contributed by atoms with Gasteiger partial charge >= 0.3 is 5.97 Å². The van der Waals surface area contributed by atoms with Crippen LogP contribution in [0.4, 0.5) is 0 Å². The molecule has 0 N–H and O–H groups in total. The van der Waals surface area contributed by atoms with Crippen LogP contribution in [-0.4, -0.2) is 37.7 Å². The van der Waals surface area contributed by atoms with Crippen molar-refractivity contribution in [1.82, 2.24) is 4.90 Å². The maximum Gasteiger partial charge on any atom is 0.309 e. The van der Waals surface area contributed by atoms with Gasteiger partial charge in [-0.25, -0.2) is 0 Å². The fraction of sp³-hybridized carbons (Fsp3) is 0.611. The Morgan fingerprint density at radius 1 is 1.45 bits per heavy atom. The van der Waals surface area contributed by atoms with E-state index in [1.807, 2.05) is 19.1 Å². The van der Waals surface area contributed by atoms with Gasteiger partial charge < -0.3 is 9.47 Å². The van der Waals surface area contributed by atoms with Crippen LogP contribution in [0.5, 0.6) is 5.75 Å². The number of methoxy groups -OCH3 is 1. The first-order chi connectivity index (χ1) is 10.6. The van der Waals surface area contributed by atoms with Crippen LogP contribution in [0.25, 0.3) is 0 Å². The summed E-state index contributed by atoms with van der Waals surface area (Å²) in [7, 11) is 3.89. The first kappa shape index (κ1) is 15.3. The third-order valence-electron chi connectivity index (χ3n) is 5.48. The molecule has 2 saturated heterocycles. The lowest BCUT2D eigenvalue weighted by atomic mass is 9.77. The van der Waals surface area contributed by atoms with E-state index in [2.05, 4.69) is 24.1 Å². The highest BCUT2D eigenvalue weighted by atomic mass is 16.5. The molecule has 1 aromatic carbocycles. The second kappa shape index (κ2) is 5.92. The molecule has 2 aliphatic rings. The molecule has 3 unspecified atom stereocenters. The van der Waals surface area contributed by atoms with Crippen LogP contribution in [-0.2, 0) is 15.1 Å². The minimum atomic E-state index is -0.0606. The van der Waals surface area contributed by atoms with Gasteiger partial charge in [-0.2, -0.15) is 0 Å². The lowest BCUT2D eigenvalue weighted by molar-refractivity contribution is -0.152. The van der Waals surface area contributed by atoms with Crippen LogP contribution in [0.2, 0.25) is 0 Å². The Labute approximate surface area is 132 Å². The van der Waals surface area contributed by atoms with E-state index in [1.54, 1.807) is 7.11 Å². The van der Waals surface area contributed by atoms with Crippen molar-refractivity contribution in [2.75, 3.05) is 20.8 Å². The van der Waals surface area contributed by atoms with Crippen molar-refractivity contribution in [1.29, 1.82) is 0 Å². The van der Waals surface area contributed by atoms with E-state index < -0.39 is 0 Å². The number of carbonyl (C=O) groups is 1. The molecule has 2 fully saturated rings. The normalized spacial score (nSPS) is 31.0. The Kier molecular flexibility index (Phi) is 4.13. The van der Waals surface area contributed by atoms with Crippen LogP contribution < -0.4 is 4.74 Å². The quantitative estimate of drug-likeness (QED) is 0.802. The number of nitrogens with zero attached hydrogens (tertiary/aromatic N) is 1. The molecule has 0 aromatic heterocycles. The van der Waals surface area contributed by atoms with Gasteiger partial charge in [0.25, 0.3) is 0 Å². The maximum absolute atomic E-state index is 12.3. The van der Waals surface area contributed by atoms with Gasteiger partial charge in [-0.3, -0.25) is 9.69 Å². The van der Waals surface area contributed by atoms with Crippen molar-refractivity contribution in [3.05, 3.63) is 29.8 Å². The molecular formula is C18H25NO3. The Balaban J connectivity index is 1.93. The van der Waals surface area contributed by atoms with Gasteiger partial charge in [0.15, 0.2) is 0 Å². The summed E-state index contributed by atoms with van der Waals surface area (Å²) in [5.41, 5.74) is 1.19. The SMILES string of the molecule is CCOC(=O)C1CC2CCC(c3cccc(OC)c3)(C1)N2C. The molecule has 0 aliphatic carbocycles. The number of rotatable bonds is 4. The van der Waals surface area contributed by atoms with E-state index in [0.29, 0.717) is 12.6 Å². The number of benzene rings is 1. The Morgan fingerprint density at radius 2 is 2.27 bits per heavy atom. The van der Waals surface area contributed by atoms with Crippen molar-refractivity contribution < 1.29 is 14.3 Å². The fourth-order valence-electron chi connectivity index (χ4n) is 4.28. The first-order valence-electron chi connectivity index (χ1n) is 8.15. The van der Waals surface area contributed by atoms with Gasteiger partial charge in [0, 0.05) is 11.6 Å². The molecular weight excluding hydrogens is 278 g/mol. The Hall–Kier alpha value is -1.55. The molecule has 2 heterocycles. The van der Waals surface area contributed by atoms with E-state index in [0.717, 1.165) is 31.4 Å². The number of fused-ring (bicyclic) bond motifs is 2. The number of esters is 1. The highest BCUT2D eigenvalue weighted by Crippen LogP contribution is 2.52. The summed E-state index contributed by atoms with van der Waals surface area (Å²) in [4.78, 5) is 14.7. The zero-order valence-corrected chi connectivity index (χ0v) is 13.7. The molecule has 1 aromatic rings. The van der Waals surface area contributed by atoms with Crippen LogP contribution >= 0.6 is 0 Å². The number of hydrogen-bond acceptors (Lipinski definition) is 4. The second-order valence-corrected chi connectivity index (χ2v) is 6.46. The highest BCUT2D eigenvalue weighted by Gasteiger charge is 2.52. The van der Waals surface area contributed by atoms with Gasteiger partial charge in [0.05, 0.1) is 19.6 Å². The third kappa shape index (κ3) is 2.39. The molecule has 0 radical (unpaired) electrons. The molecule has 2 bridgehead atoms. The van der Waals surface area contributed by atoms with Crippen molar-refractivity contribution in [3.63, 3.8) is 0 Å². The van der Waals surface area contributed by atoms with Crippen molar-refractivity contribution >= 4 is 5.97 Å². The predicted molar refractivity (Wildman–Crippen MR) is 84.8 cm³/mol. The average molecular weight is 303 g/mol. The van der Waals surface area contributed by atoms with Crippen molar-refractivity contribution in [3.8, 4) is 5.75 Å². The lowest BCUT2D eigenvalue weighted by Gasteiger charge is -2.45. The maximum atomic E-state index is 12.3. The smallest absolute Gasteiger partial charge is 0.309 e. The summed E-state index contributed by atoms with van der Waals surface area (Å²) < 4.78 is 10.7. The highest BCUT2D eigenvalue weighted by molar-refractivity contribution is 5.73. The number of piperidine rings is 1. The molecule has 4 heteroatoms. The van der Waals surface area contributed by atoms with E-state index >= 15 is 0 Å². The molecule has 2 aliphatic heterocycles. The number of hydrogen-bond donors (Lipinski definition) is 0. The van der Waals surface area contributed by atoms with Gasteiger partial charge in [0.1, 0.15) is 5.75 Å². The zero-order chi connectivity index (χ0) is 15.7. The van der Waals surface area contributed by atoms with E-state index in [9.17, 15) is 4.79 Å². The topological polar surface area (TPSA) is 38.8 Å². The summed E-state index contributed by atoms with van der Waals surface area (Å²) in [6, 6.07) is 8.76. The minimum Gasteiger partial charge on any atom is -0.497 e. The van der Waals surface area contributed by atoms with E-state index in [-0.39, 0.29) is 17.4 Å². The van der Waals surface area contributed by atoms with Crippen LogP contribution in [0.1, 0.15) is 38.2 Å².